The van der Waals surface area contributed by atoms with Gasteiger partial charge in [0.05, 0.1) is 5.75 Å². The maximum absolute atomic E-state index is 12.7. The highest BCUT2D eigenvalue weighted by Gasteiger charge is 2.31. The fraction of sp³-hybridized carbons (Fsp3) is 0.368. The zero-order valence-electron chi connectivity index (χ0n) is 15.1. The molecular weight excluding hydrogens is 421 g/mol. The minimum absolute atomic E-state index is 0.0528. The first-order chi connectivity index (χ1) is 13.4. The van der Waals surface area contributed by atoms with Crippen molar-refractivity contribution in [2.45, 2.75) is 25.1 Å². The molecule has 3 rings (SSSR count). The van der Waals surface area contributed by atoms with Crippen LogP contribution in [0, 0.1) is 5.92 Å². The van der Waals surface area contributed by atoms with Crippen LogP contribution in [0.15, 0.2) is 42.7 Å². The Labute approximate surface area is 174 Å². The molecule has 1 saturated heterocycles. The molecule has 6 nitrogen and oxygen atoms in total. The molecule has 1 aromatic carbocycles. The second-order valence-corrected chi connectivity index (χ2v) is 9.49. The number of nitrogens with one attached hydrogen (secondary N) is 1. The van der Waals surface area contributed by atoms with Crippen LogP contribution in [0.4, 0.5) is 0 Å². The first-order valence-electron chi connectivity index (χ1n) is 8.94. The second kappa shape index (κ2) is 9.22. The predicted molar refractivity (Wildman–Crippen MR) is 109 cm³/mol. The van der Waals surface area contributed by atoms with E-state index in [4.69, 9.17) is 23.2 Å². The fourth-order valence-corrected chi connectivity index (χ4v) is 5.49. The zero-order valence-corrected chi connectivity index (χ0v) is 17.5. The van der Waals surface area contributed by atoms with E-state index in [0.29, 0.717) is 48.1 Å². The van der Waals surface area contributed by atoms with Crippen LogP contribution >= 0.6 is 23.2 Å². The van der Waals surface area contributed by atoms with Crippen molar-refractivity contribution in [3.63, 3.8) is 0 Å². The maximum Gasteiger partial charge on any atom is 0.223 e. The van der Waals surface area contributed by atoms with E-state index >= 15 is 0 Å². The van der Waals surface area contributed by atoms with Gasteiger partial charge in [0.1, 0.15) is 0 Å². The number of sulfonamides is 1. The van der Waals surface area contributed by atoms with Crippen LogP contribution < -0.4 is 5.32 Å². The molecule has 1 amide bonds. The summed E-state index contributed by atoms with van der Waals surface area (Å²) in [6, 6.07) is 8.61. The van der Waals surface area contributed by atoms with Crippen LogP contribution in [0.1, 0.15) is 24.0 Å². The van der Waals surface area contributed by atoms with E-state index in [0.717, 1.165) is 5.56 Å². The van der Waals surface area contributed by atoms with Gasteiger partial charge >= 0.3 is 0 Å². The molecule has 0 atom stereocenters. The number of nitrogens with zero attached hydrogens (tertiary/aromatic N) is 2. The number of hydrogen-bond acceptors (Lipinski definition) is 4. The van der Waals surface area contributed by atoms with E-state index < -0.39 is 10.0 Å². The lowest BCUT2D eigenvalue weighted by Gasteiger charge is -2.30. The number of benzene rings is 1. The molecule has 1 aliphatic rings. The number of rotatable bonds is 6. The highest BCUT2D eigenvalue weighted by atomic mass is 35.5. The summed E-state index contributed by atoms with van der Waals surface area (Å²) in [4.78, 5) is 16.3. The van der Waals surface area contributed by atoms with Crippen molar-refractivity contribution in [2.24, 2.45) is 5.92 Å². The fourth-order valence-electron chi connectivity index (χ4n) is 3.17. The Kier molecular flexibility index (Phi) is 6.93. The average Bonchev–Trinajstić information content (AvgIpc) is 2.70. The van der Waals surface area contributed by atoms with Gasteiger partial charge in [-0.25, -0.2) is 12.7 Å². The molecule has 0 bridgehead atoms. The zero-order chi connectivity index (χ0) is 20.1. The Morgan fingerprint density at radius 2 is 1.71 bits per heavy atom. The Balaban J connectivity index is 1.54. The highest BCUT2D eigenvalue weighted by Crippen LogP contribution is 2.29. The standard InChI is InChI=1S/C19H21Cl2N3O3S/c20-17-2-1-3-18(21)16(17)13-28(26,27)24-10-6-15(7-11-24)19(25)23-12-14-4-8-22-9-5-14/h1-5,8-9,15H,6-7,10-13H2,(H,23,25). The topological polar surface area (TPSA) is 79.4 Å². The molecule has 0 aliphatic carbocycles. The van der Waals surface area contributed by atoms with Gasteiger partial charge in [0, 0.05) is 53.6 Å². The van der Waals surface area contributed by atoms with E-state index in [1.807, 2.05) is 12.1 Å². The third-order valence-electron chi connectivity index (χ3n) is 4.82. The van der Waals surface area contributed by atoms with Crippen molar-refractivity contribution in [2.75, 3.05) is 13.1 Å². The molecule has 2 aromatic rings. The Morgan fingerprint density at radius 3 is 2.32 bits per heavy atom. The highest BCUT2D eigenvalue weighted by molar-refractivity contribution is 7.88. The van der Waals surface area contributed by atoms with Crippen molar-refractivity contribution < 1.29 is 13.2 Å². The van der Waals surface area contributed by atoms with Gasteiger partial charge in [-0.2, -0.15) is 0 Å². The van der Waals surface area contributed by atoms with Crippen molar-refractivity contribution in [3.8, 4) is 0 Å². The number of amides is 1. The van der Waals surface area contributed by atoms with Crippen LogP contribution in [0.25, 0.3) is 0 Å². The van der Waals surface area contributed by atoms with Gasteiger partial charge in [-0.3, -0.25) is 9.78 Å². The molecule has 28 heavy (non-hydrogen) atoms. The number of pyridine rings is 1. The summed E-state index contributed by atoms with van der Waals surface area (Å²) in [6.07, 6.45) is 4.32. The molecular formula is C19H21Cl2N3O3S. The lowest BCUT2D eigenvalue weighted by molar-refractivity contribution is -0.126. The molecule has 1 aromatic heterocycles. The molecule has 150 valence electrons. The first kappa shape index (κ1) is 21.0. The summed E-state index contributed by atoms with van der Waals surface area (Å²) >= 11 is 12.2. The van der Waals surface area contributed by atoms with Gasteiger partial charge in [-0.05, 0) is 42.7 Å². The van der Waals surface area contributed by atoms with E-state index in [1.54, 1.807) is 30.6 Å². The van der Waals surface area contributed by atoms with Gasteiger partial charge < -0.3 is 5.32 Å². The third-order valence-corrected chi connectivity index (χ3v) is 7.34. The number of hydrogen-bond donors (Lipinski definition) is 1. The van der Waals surface area contributed by atoms with Gasteiger partial charge in [0.15, 0.2) is 0 Å². The first-order valence-corrected chi connectivity index (χ1v) is 11.3. The lowest BCUT2D eigenvalue weighted by atomic mass is 9.97. The number of carbonyl (C=O) groups excluding carboxylic acids is 1. The van der Waals surface area contributed by atoms with Gasteiger partial charge in [0.25, 0.3) is 0 Å². The normalized spacial score (nSPS) is 16.1. The molecule has 0 radical (unpaired) electrons. The van der Waals surface area contributed by atoms with Crippen molar-refractivity contribution in [1.82, 2.24) is 14.6 Å². The predicted octanol–water partition coefficient (Wildman–Crippen LogP) is 3.25. The molecule has 0 saturated carbocycles. The van der Waals surface area contributed by atoms with E-state index in [-0.39, 0.29) is 17.6 Å². The molecule has 1 fully saturated rings. The monoisotopic (exact) mass is 441 g/mol. The van der Waals surface area contributed by atoms with E-state index in [2.05, 4.69) is 10.3 Å². The summed E-state index contributed by atoms with van der Waals surface area (Å²) < 4.78 is 26.9. The minimum atomic E-state index is -3.56. The summed E-state index contributed by atoms with van der Waals surface area (Å²) in [5.41, 5.74) is 1.38. The number of carbonyl (C=O) groups is 1. The molecule has 0 unspecified atom stereocenters. The summed E-state index contributed by atoms with van der Waals surface area (Å²) in [5.74, 6) is -0.495. The van der Waals surface area contributed by atoms with Gasteiger partial charge in [0.2, 0.25) is 15.9 Å². The van der Waals surface area contributed by atoms with Crippen LogP contribution in [-0.4, -0.2) is 36.7 Å². The van der Waals surface area contributed by atoms with Crippen LogP contribution in [-0.2, 0) is 27.1 Å². The summed E-state index contributed by atoms with van der Waals surface area (Å²) in [7, 11) is -3.56. The van der Waals surface area contributed by atoms with Crippen LogP contribution in [0.2, 0.25) is 10.0 Å². The molecule has 9 heteroatoms. The van der Waals surface area contributed by atoms with Crippen molar-refractivity contribution in [3.05, 3.63) is 63.9 Å². The minimum Gasteiger partial charge on any atom is -0.352 e. The van der Waals surface area contributed by atoms with Crippen molar-refractivity contribution in [1.29, 1.82) is 0 Å². The number of aromatic nitrogens is 1. The quantitative estimate of drug-likeness (QED) is 0.745. The molecule has 1 aliphatic heterocycles. The van der Waals surface area contributed by atoms with E-state index in [1.165, 1.54) is 4.31 Å². The SMILES string of the molecule is O=C(NCc1ccncc1)C1CCN(S(=O)(=O)Cc2c(Cl)cccc2Cl)CC1. The average molecular weight is 442 g/mol. The van der Waals surface area contributed by atoms with Crippen LogP contribution in [0.3, 0.4) is 0 Å². The van der Waals surface area contributed by atoms with Crippen molar-refractivity contribution >= 4 is 39.1 Å². The Bertz CT molecular complexity index is 910. The molecule has 1 N–H and O–H groups in total. The summed E-state index contributed by atoms with van der Waals surface area (Å²) in [5, 5.41) is 3.58. The molecule has 2 heterocycles. The number of halogens is 2. The molecule has 0 spiro atoms. The smallest absolute Gasteiger partial charge is 0.223 e. The number of piperidine rings is 1. The van der Waals surface area contributed by atoms with Gasteiger partial charge in [-0.1, -0.05) is 29.3 Å². The second-order valence-electron chi connectivity index (χ2n) is 6.70. The van der Waals surface area contributed by atoms with Gasteiger partial charge in [-0.15, -0.1) is 0 Å². The lowest BCUT2D eigenvalue weighted by Crippen LogP contribution is -2.43. The Hall–Kier alpha value is -1.67. The third kappa shape index (κ3) is 5.23. The largest absolute Gasteiger partial charge is 0.352 e. The summed E-state index contributed by atoms with van der Waals surface area (Å²) in [6.45, 7) is 1.04. The maximum atomic E-state index is 12.7. The van der Waals surface area contributed by atoms with Crippen LogP contribution in [0.5, 0.6) is 0 Å². The van der Waals surface area contributed by atoms with E-state index in [9.17, 15) is 13.2 Å². The Morgan fingerprint density at radius 1 is 1.11 bits per heavy atom.